The second kappa shape index (κ2) is 6.81. The lowest BCUT2D eigenvalue weighted by Gasteiger charge is -2.32. The summed E-state index contributed by atoms with van der Waals surface area (Å²) in [6, 6.07) is 15.7. The van der Waals surface area contributed by atoms with Crippen molar-refractivity contribution in [2.75, 3.05) is 38.5 Å². The Morgan fingerprint density at radius 1 is 0.955 bits per heavy atom. The van der Waals surface area contributed by atoms with E-state index < -0.39 is 0 Å². The molecule has 0 aromatic heterocycles. The summed E-state index contributed by atoms with van der Waals surface area (Å²) in [4.78, 5) is 4.87. The van der Waals surface area contributed by atoms with Crippen molar-refractivity contribution in [3.8, 4) is 5.75 Å². The number of phenolic OH excluding ortho intramolecular Hbond substituents is 1. The van der Waals surface area contributed by atoms with Crippen molar-refractivity contribution < 1.29 is 5.11 Å². The average Bonchev–Trinajstić information content (AvgIpc) is 2.52. The zero-order valence-corrected chi connectivity index (χ0v) is 13.0. The third-order valence-electron chi connectivity index (χ3n) is 4.09. The van der Waals surface area contributed by atoms with Gasteiger partial charge in [0.1, 0.15) is 5.75 Å². The highest BCUT2D eigenvalue weighted by Gasteiger charge is 2.13. The van der Waals surface area contributed by atoms with Gasteiger partial charge in [0.2, 0.25) is 0 Å². The lowest BCUT2D eigenvalue weighted by atomic mass is 10.1. The second-order valence-electron chi connectivity index (χ2n) is 5.95. The lowest BCUT2D eigenvalue weighted by Crippen LogP contribution is -2.43. The molecule has 2 aromatic carbocycles. The van der Waals surface area contributed by atoms with E-state index in [2.05, 4.69) is 46.4 Å². The van der Waals surface area contributed by atoms with Gasteiger partial charge in [-0.25, -0.2) is 0 Å². The molecule has 0 spiro atoms. The van der Waals surface area contributed by atoms with E-state index in [0.717, 1.165) is 44.1 Å². The Labute approximate surface area is 132 Å². The van der Waals surface area contributed by atoms with Gasteiger partial charge in [0.25, 0.3) is 0 Å². The van der Waals surface area contributed by atoms with Crippen molar-refractivity contribution in [3.63, 3.8) is 0 Å². The van der Waals surface area contributed by atoms with Crippen LogP contribution in [0.1, 0.15) is 5.56 Å². The molecular weight excluding hydrogens is 274 g/mol. The fourth-order valence-electron chi connectivity index (χ4n) is 2.72. The van der Waals surface area contributed by atoms with Crippen LogP contribution in [0.15, 0.2) is 48.5 Å². The summed E-state index contributed by atoms with van der Waals surface area (Å²) >= 11 is 0. The summed E-state index contributed by atoms with van der Waals surface area (Å²) in [5.74, 6) is 0.286. The van der Waals surface area contributed by atoms with E-state index in [1.165, 1.54) is 5.56 Å². The first-order valence-corrected chi connectivity index (χ1v) is 7.75. The van der Waals surface area contributed by atoms with Gasteiger partial charge in [-0.15, -0.1) is 0 Å². The average molecular weight is 297 g/mol. The Balaban J connectivity index is 1.63. The van der Waals surface area contributed by atoms with Gasteiger partial charge in [0.05, 0.1) is 0 Å². The van der Waals surface area contributed by atoms with E-state index in [0.29, 0.717) is 0 Å². The van der Waals surface area contributed by atoms with Crippen LogP contribution in [0.5, 0.6) is 5.75 Å². The Kier molecular flexibility index (Phi) is 4.61. The Hall–Kier alpha value is -2.04. The van der Waals surface area contributed by atoms with Gasteiger partial charge >= 0.3 is 0 Å². The number of aromatic hydroxyl groups is 1. The molecule has 4 nitrogen and oxygen atoms in total. The summed E-state index contributed by atoms with van der Waals surface area (Å²) in [5.41, 5.74) is 3.39. The quantitative estimate of drug-likeness (QED) is 0.851. The normalized spacial score (nSPS) is 16.6. The number of benzene rings is 2. The molecule has 2 N–H and O–H groups in total. The molecule has 0 amide bonds. The van der Waals surface area contributed by atoms with E-state index in [9.17, 15) is 5.11 Å². The number of hydrogen-bond donors (Lipinski definition) is 2. The smallest absolute Gasteiger partial charge is 0.115 e. The maximum atomic E-state index is 9.33. The predicted octanol–water partition coefficient (Wildman–Crippen LogP) is 2.88. The fraction of sp³-hybridized carbons (Fsp3) is 0.333. The molecule has 1 fully saturated rings. The highest BCUT2D eigenvalue weighted by molar-refractivity contribution is 5.60. The van der Waals surface area contributed by atoms with Crippen LogP contribution < -0.4 is 5.32 Å². The third-order valence-corrected chi connectivity index (χ3v) is 4.09. The van der Waals surface area contributed by atoms with Crippen molar-refractivity contribution in [3.05, 3.63) is 54.1 Å². The molecule has 4 heteroatoms. The predicted molar refractivity (Wildman–Crippen MR) is 90.6 cm³/mol. The highest BCUT2D eigenvalue weighted by Crippen LogP contribution is 2.20. The molecule has 0 atom stereocenters. The van der Waals surface area contributed by atoms with Crippen LogP contribution in [0.3, 0.4) is 0 Å². The van der Waals surface area contributed by atoms with Crippen molar-refractivity contribution in [2.45, 2.75) is 6.54 Å². The van der Waals surface area contributed by atoms with Crippen molar-refractivity contribution in [1.82, 2.24) is 9.80 Å². The van der Waals surface area contributed by atoms with Gasteiger partial charge in [-0.2, -0.15) is 0 Å². The molecule has 1 heterocycles. The molecule has 0 radical (unpaired) electrons. The molecular formula is C18H23N3O. The number of hydrogen-bond acceptors (Lipinski definition) is 4. The molecule has 1 saturated heterocycles. The minimum atomic E-state index is 0.286. The molecule has 116 valence electrons. The van der Waals surface area contributed by atoms with Crippen LogP contribution in [0.4, 0.5) is 11.4 Å². The minimum absolute atomic E-state index is 0.286. The molecule has 0 saturated carbocycles. The van der Waals surface area contributed by atoms with Gasteiger partial charge in [0, 0.05) is 44.1 Å². The second-order valence-corrected chi connectivity index (χ2v) is 5.95. The molecule has 2 aromatic rings. The summed E-state index contributed by atoms with van der Waals surface area (Å²) in [5, 5.41) is 12.7. The van der Waals surface area contributed by atoms with E-state index in [1.54, 1.807) is 12.1 Å². The van der Waals surface area contributed by atoms with E-state index in [4.69, 9.17) is 0 Å². The summed E-state index contributed by atoms with van der Waals surface area (Å²) in [6.07, 6.45) is 0. The van der Waals surface area contributed by atoms with Crippen LogP contribution in [0, 0.1) is 0 Å². The zero-order valence-electron chi connectivity index (χ0n) is 13.0. The monoisotopic (exact) mass is 297 g/mol. The maximum absolute atomic E-state index is 9.33. The van der Waals surface area contributed by atoms with Crippen LogP contribution in [0.2, 0.25) is 0 Å². The van der Waals surface area contributed by atoms with Gasteiger partial charge in [-0.05, 0) is 49.0 Å². The summed E-state index contributed by atoms with van der Waals surface area (Å²) < 4.78 is 0. The third kappa shape index (κ3) is 4.00. The Bertz CT molecular complexity index is 604. The zero-order chi connectivity index (χ0) is 15.4. The van der Waals surface area contributed by atoms with Crippen LogP contribution in [-0.4, -0.2) is 48.1 Å². The van der Waals surface area contributed by atoms with E-state index in [-0.39, 0.29) is 5.75 Å². The first-order chi connectivity index (χ1) is 10.7. The summed E-state index contributed by atoms with van der Waals surface area (Å²) in [6.45, 7) is 5.55. The molecule has 22 heavy (non-hydrogen) atoms. The largest absolute Gasteiger partial charge is 0.508 e. The fourth-order valence-corrected chi connectivity index (χ4v) is 2.72. The number of likely N-dealkylation sites (N-methyl/N-ethyl adjacent to an activating group) is 1. The Morgan fingerprint density at radius 2 is 1.68 bits per heavy atom. The highest BCUT2D eigenvalue weighted by atomic mass is 16.3. The van der Waals surface area contributed by atoms with Crippen molar-refractivity contribution in [2.24, 2.45) is 0 Å². The molecule has 3 rings (SSSR count). The number of piperazine rings is 1. The van der Waals surface area contributed by atoms with Gasteiger partial charge in [-0.3, -0.25) is 4.90 Å². The summed E-state index contributed by atoms with van der Waals surface area (Å²) in [7, 11) is 2.18. The number of phenols is 1. The van der Waals surface area contributed by atoms with Gasteiger partial charge < -0.3 is 15.3 Å². The lowest BCUT2D eigenvalue weighted by molar-refractivity contribution is 0.148. The van der Waals surface area contributed by atoms with Crippen molar-refractivity contribution >= 4 is 11.4 Å². The van der Waals surface area contributed by atoms with E-state index in [1.807, 2.05) is 12.1 Å². The number of rotatable bonds is 4. The first kappa shape index (κ1) is 14.9. The van der Waals surface area contributed by atoms with Crippen LogP contribution in [0.25, 0.3) is 0 Å². The molecule has 0 bridgehead atoms. The first-order valence-electron chi connectivity index (χ1n) is 7.75. The SMILES string of the molecule is CN1CCN(Cc2cccc(Nc3ccc(O)cc3)c2)CC1. The molecule has 1 aliphatic rings. The molecule has 0 aliphatic carbocycles. The maximum Gasteiger partial charge on any atom is 0.115 e. The topological polar surface area (TPSA) is 38.7 Å². The van der Waals surface area contributed by atoms with E-state index >= 15 is 0 Å². The standard InChI is InChI=1S/C18H23N3O/c1-20-9-11-21(12-10-20)14-15-3-2-4-17(13-15)19-16-5-7-18(22)8-6-16/h2-8,13,19,22H,9-12,14H2,1H3. The van der Waals surface area contributed by atoms with Gasteiger partial charge in [-0.1, -0.05) is 12.1 Å². The molecule has 0 unspecified atom stereocenters. The molecule has 1 aliphatic heterocycles. The Morgan fingerprint density at radius 3 is 2.41 bits per heavy atom. The van der Waals surface area contributed by atoms with Gasteiger partial charge in [0.15, 0.2) is 0 Å². The minimum Gasteiger partial charge on any atom is -0.508 e. The number of nitrogens with one attached hydrogen (secondary N) is 1. The number of nitrogens with zero attached hydrogens (tertiary/aromatic N) is 2. The van der Waals surface area contributed by atoms with Crippen LogP contribution >= 0.6 is 0 Å². The number of anilines is 2. The van der Waals surface area contributed by atoms with Crippen molar-refractivity contribution in [1.29, 1.82) is 0 Å². The van der Waals surface area contributed by atoms with Crippen LogP contribution in [-0.2, 0) is 6.54 Å².